The molecule has 0 bridgehead atoms. The standard InChI is InChI=1S/C15H27N3OS/c1-14(2)12(15(14,3)4)13(19)17-10-5-7-18(8-6-10)9-11(16)20/h10,12H,5-9H2,1-4H3,(H2,16,20)(H,17,19). The SMILES string of the molecule is CC1(C)C(C(=O)NC2CCN(CC(N)=S)CC2)C1(C)C. The molecule has 114 valence electrons. The Bertz CT molecular complexity index is 397. The largest absolute Gasteiger partial charge is 0.392 e. The van der Waals surface area contributed by atoms with E-state index in [-0.39, 0.29) is 22.7 Å². The fourth-order valence-electron chi connectivity index (χ4n) is 3.59. The van der Waals surface area contributed by atoms with Gasteiger partial charge in [-0.3, -0.25) is 9.69 Å². The second kappa shape index (κ2) is 5.26. The molecule has 0 radical (unpaired) electrons. The minimum absolute atomic E-state index is 0.115. The smallest absolute Gasteiger partial charge is 0.224 e. The van der Waals surface area contributed by atoms with Gasteiger partial charge in [-0.25, -0.2) is 0 Å². The average molecular weight is 297 g/mol. The lowest BCUT2D eigenvalue weighted by Crippen LogP contribution is -2.47. The summed E-state index contributed by atoms with van der Waals surface area (Å²) in [6.07, 6.45) is 1.98. The molecule has 0 aromatic carbocycles. The van der Waals surface area contributed by atoms with Crippen LogP contribution in [0.15, 0.2) is 0 Å². The van der Waals surface area contributed by atoms with E-state index in [9.17, 15) is 4.79 Å². The summed E-state index contributed by atoms with van der Waals surface area (Å²) in [5.74, 6) is 0.373. The molecule has 1 aliphatic carbocycles. The zero-order valence-corrected chi connectivity index (χ0v) is 13.8. The van der Waals surface area contributed by atoms with Crippen LogP contribution in [-0.4, -0.2) is 41.5 Å². The third kappa shape index (κ3) is 2.84. The normalized spacial score (nSPS) is 26.2. The Hall–Kier alpha value is -0.680. The Morgan fingerprint density at radius 1 is 1.25 bits per heavy atom. The van der Waals surface area contributed by atoms with Crippen molar-refractivity contribution in [3.8, 4) is 0 Å². The Labute approximate surface area is 127 Å². The molecular weight excluding hydrogens is 270 g/mol. The maximum Gasteiger partial charge on any atom is 0.224 e. The van der Waals surface area contributed by atoms with Crippen LogP contribution >= 0.6 is 12.2 Å². The second-order valence-corrected chi connectivity index (χ2v) is 7.93. The van der Waals surface area contributed by atoms with Crippen LogP contribution in [0.4, 0.5) is 0 Å². The lowest BCUT2D eigenvalue weighted by molar-refractivity contribution is -0.124. The van der Waals surface area contributed by atoms with E-state index in [1.54, 1.807) is 0 Å². The molecular formula is C15H27N3OS. The summed E-state index contributed by atoms with van der Waals surface area (Å²) < 4.78 is 0. The van der Waals surface area contributed by atoms with Crippen LogP contribution in [0.5, 0.6) is 0 Å². The summed E-state index contributed by atoms with van der Waals surface area (Å²) in [6, 6.07) is 0.303. The van der Waals surface area contributed by atoms with E-state index < -0.39 is 0 Å². The van der Waals surface area contributed by atoms with Crippen molar-refractivity contribution in [2.75, 3.05) is 19.6 Å². The molecule has 4 nitrogen and oxygen atoms in total. The monoisotopic (exact) mass is 297 g/mol. The number of nitrogens with two attached hydrogens (primary N) is 1. The molecule has 0 spiro atoms. The molecule has 1 aliphatic heterocycles. The number of hydrogen-bond donors (Lipinski definition) is 2. The maximum atomic E-state index is 12.4. The van der Waals surface area contributed by atoms with E-state index in [1.165, 1.54) is 0 Å². The first kappa shape index (κ1) is 15.7. The van der Waals surface area contributed by atoms with E-state index in [2.05, 4.69) is 37.9 Å². The van der Waals surface area contributed by atoms with Crippen molar-refractivity contribution in [2.45, 2.75) is 46.6 Å². The first-order valence-corrected chi connectivity index (χ1v) is 7.88. The van der Waals surface area contributed by atoms with Crippen LogP contribution < -0.4 is 11.1 Å². The molecule has 2 fully saturated rings. The summed E-state index contributed by atoms with van der Waals surface area (Å²) in [7, 11) is 0. The Kier molecular flexibility index (Phi) is 4.13. The fraction of sp³-hybridized carbons (Fsp3) is 0.867. The number of thiocarbonyl (C=S) groups is 1. The van der Waals surface area contributed by atoms with E-state index in [0.717, 1.165) is 25.9 Å². The molecule has 1 saturated carbocycles. The lowest BCUT2D eigenvalue weighted by atomic mass is 10.0. The highest BCUT2D eigenvalue weighted by molar-refractivity contribution is 7.80. The van der Waals surface area contributed by atoms with Crippen LogP contribution in [0.25, 0.3) is 0 Å². The van der Waals surface area contributed by atoms with Crippen LogP contribution in [0.1, 0.15) is 40.5 Å². The van der Waals surface area contributed by atoms with Crippen molar-refractivity contribution < 1.29 is 4.79 Å². The minimum Gasteiger partial charge on any atom is -0.392 e. The van der Waals surface area contributed by atoms with E-state index in [4.69, 9.17) is 18.0 Å². The number of rotatable bonds is 4. The van der Waals surface area contributed by atoms with Gasteiger partial charge in [-0.05, 0) is 23.7 Å². The summed E-state index contributed by atoms with van der Waals surface area (Å²) >= 11 is 4.94. The molecule has 20 heavy (non-hydrogen) atoms. The van der Waals surface area contributed by atoms with Gasteiger partial charge in [-0.2, -0.15) is 0 Å². The third-order valence-corrected chi connectivity index (χ3v) is 5.73. The van der Waals surface area contributed by atoms with Crippen LogP contribution in [0.3, 0.4) is 0 Å². The molecule has 0 unspecified atom stereocenters. The molecule has 2 aliphatic rings. The lowest BCUT2D eigenvalue weighted by Gasteiger charge is -2.32. The predicted molar refractivity (Wildman–Crippen MR) is 85.4 cm³/mol. The zero-order valence-electron chi connectivity index (χ0n) is 13.0. The van der Waals surface area contributed by atoms with Gasteiger partial charge in [0, 0.05) is 31.6 Å². The molecule has 1 amide bonds. The van der Waals surface area contributed by atoms with Crippen molar-refractivity contribution in [2.24, 2.45) is 22.5 Å². The summed E-state index contributed by atoms with van der Waals surface area (Å²) in [4.78, 5) is 15.2. The highest BCUT2D eigenvalue weighted by Crippen LogP contribution is 2.68. The van der Waals surface area contributed by atoms with Gasteiger partial charge < -0.3 is 11.1 Å². The number of amides is 1. The summed E-state index contributed by atoms with van der Waals surface area (Å²) in [6.45, 7) is 11.3. The van der Waals surface area contributed by atoms with Crippen molar-refractivity contribution in [3.63, 3.8) is 0 Å². The molecule has 0 atom stereocenters. The van der Waals surface area contributed by atoms with Gasteiger partial charge in [0.2, 0.25) is 5.91 Å². The quantitative estimate of drug-likeness (QED) is 0.773. The Balaban J connectivity index is 1.79. The average Bonchev–Trinajstić information content (AvgIpc) is 2.71. The van der Waals surface area contributed by atoms with Crippen molar-refractivity contribution in [1.82, 2.24) is 10.2 Å². The summed E-state index contributed by atoms with van der Waals surface area (Å²) in [5.41, 5.74) is 5.80. The first-order valence-electron chi connectivity index (χ1n) is 7.47. The number of carbonyl (C=O) groups is 1. The third-order valence-electron chi connectivity index (χ3n) is 5.60. The highest BCUT2D eigenvalue weighted by atomic mass is 32.1. The number of carbonyl (C=O) groups excluding carboxylic acids is 1. The van der Waals surface area contributed by atoms with Gasteiger partial charge in [-0.1, -0.05) is 39.9 Å². The number of hydrogen-bond acceptors (Lipinski definition) is 3. The predicted octanol–water partition coefficient (Wildman–Crippen LogP) is 1.54. The molecule has 0 aromatic rings. The number of nitrogens with one attached hydrogen (secondary N) is 1. The van der Waals surface area contributed by atoms with Crippen LogP contribution in [0, 0.1) is 16.7 Å². The van der Waals surface area contributed by atoms with Gasteiger partial charge in [0.15, 0.2) is 0 Å². The molecule has 2 rings (SSSR count). The minimum atomic E-state index is 0.115. The van der Waals surface area contributed by atoms with E-state index >= 15 is 0 Å². The van der Waals surface area contributed by atoms with Gasteiger partial charge in [0.05, 0.1) is 4.99 Å². The highest BCUT2D eigenvalue weighted by Gasteiger charge is 2.68. The summed E-state index contributed by atoms with van der Waals surface area (Å²) in [5, 5.41) is 3.24. The first-order chi connectivity index (χ1) is 9.16. The van der Waals surface area contributed by atoms with Gasteiger partial charge in [-0.15, -0.1) is 0 Å². The van der Waals surface area contributed by atoms with E-state index in [0.29, 0.717) is 17.6 Å². The van der Waals surface area contributed by atoms with Crippen LogP contribution in [-0.2, 0) is 4.79 Å². The molecule has 3 N–H and O–H groups in total. The number of nitrogens with zero attached hydrogens (tertiary/aromatic N) is 1. The van der Waals surface area contributed by atoms with Crippen molar-refractivity contribution in [1.29, 1.82) is 0 Å². The molecule has 5 heteroatoms. The zero-order chi connectivity index (χ0) is 15.1. The Morgan fingerprint density at radius 3 is 2.15 bits per heavy atom. The second-order valence-electron chi connectivity index (χ2n) is 7.40. The number of piperidine rings is 1. The topological polar surface area (TPSA) is 58.4 Å². The van der Waals surface area contributed by atoms with Gasteiger partial charge in [0.25, 0.3) is 0 Å². The molecule has 0 aromatic heterocycles. The maximum absolute atomic E-state index is 12.4. The van der Waals surface area contributed by atoms with Crippen molar-refractivity contribution >= 4 is 23.1 Å². The Morgan fingerprint density at radius 2 is 1.75 bits per heavy atom. The number of likely N-dealkylation sites (tertiary alicyclic amines) is 1. The van der Waals surface area contributed by atoms with Gasteiger partial charge in [0.1, 0.15) is 0 Å². The van der Waals surface area contributed by atoms with Gasteiger partial charge >= 0.3 is 0 Å². The van der Waals surface area contributed by atoms with E-state index in [1.807, 2.05) is 0 Å². The van der Waals surface area contributed by atoms with Crippen molar-refractivity contribution in [3.05, 3.63) is 0 Å². The fourth-order valence-corrected chi connectivity index (χ4v) is 3.77. The molecule has 1 heterocycles. The molecule has 1 saturated heterocycles. The van der Waals surface area contributed by atoms with Crippen LogP contribution in [0.2, 0.25) is 0 Å².